The molecule has 1 fully saturated rings. The van der Waals surface area contributed by atoms with Gasteiger partial charge in [-0.3, -0.25) is 19.7 Å². The molecule has 8 nitrogen and oxygen atoms in total. The number of fused-ring (bicyclic) bond motifs is 1. The molecule has 0 bridgehead atoms. The minimum absolute atomic E-state index is 0.0164. The number of alkyl halides is 3. The highest BCUT2D eigenvalue weighted by atomic mass is 32.1. The van der Waals surface area contributed by atoms with Crippen molar-refractivity contribution < 1.29 is 41.4 Å². The summed E-state index contributed by atoms with van der Waals surface area (Å²) in [5.41, 5.74) is 2.69. The molecule has 316 valence electrons. The Bertz CT molecular complexity index is 2180. The number of ether oxygens (including phenoxy) is 2. The second-order valence-corrected chi connectivity index (χ2v) is 15.7. The lowest BCUT2D eigenvalue weighted by Crippen LogP contribution is -2.39. The number of halogens is 4. The number of imide groups is 1. The van der Waals surface area contributed by atoms with Crippen molar-refractivity contribution >= 4 is 44.7 Å². The van der Waals surface area contributed by atoms with Crippen molar-refractivity contribution in [3.63, 3.8) is 0 Å². The van der Waals surface area contributed by atoms with Crippen LogP contribution in [0.2, 0.25) is 0 Å². The zero-order chi connectivity index (χ0) is 43.3. The first-order valence-corrected chi connectivity index (χ1v) is 20.6. The molecule has 2 amide bonds. The largest absolute Gasteiger partial charge is 0.491 e. The third-order valence-electron chi connectivity index (χ3n) is 9.67. The number of rotatable bonds is 17. The number of amides is 2. The van der Waals surface area contributed by atoms with E-state index in [2.05, 4.69) is 22.2 Å². The van der Waals surface area contributed by atoms with Crippen LogP contribution in [0.25, 0.3) is 26.4 Å². The van der Waals surface area contributed by atoms with Gasteiger partial charge >= 0.3 is 6.18 Å². The number of ketones is 1. The standard InChI is InChI=1S/C40H44F4N2O3S.C6H9NO2/c1-7-26(5)9-10-29(30-11-14-34(35(23-30)40(42,43)44)39-46-36-16-12-31(41)24-37(36)50-39)21-27(6)45-17-18-48-19-20-49-32-13-15-33(28(8-2)22-32)38(47)25(3)4;1-4-2-3-5(8)7-6(4)9/h9-16,21-26,45H,6-8,17-20H2,1-5H3;4H,2-3H2,1H3,(H,7,8,9)/b10-9-,29-21+;. The van der Waals surface area contributed by atoms with E-state index < -0.39 is 17.6 Å². The van der Waals surface area contributed by atoms with Gasteiger partial charge in [0.25, 0.3) is 0 Å². The van der Waals surface area contributed by atoms with Crippen molar-refractivity contribution in [1.82, 2.24) is 15.6 Å². The Morgan fingerprint density at radius 3 is 2.47 bits per heavy atom. The Balaban J connectivity index is 0.000000753. The molecule has 2 N–H and O–H groups in total. The molecular formula is C46H53F4N3O5S. The van der Waals surface area contributed by atoms with Crippen LogP contribution < -0.4 is 15.4 Å². The summed E-state index contributed by atoms with van der Waals surface area (Å²) in [6.07, 6.45) is 3.64. The minimum Gasteiger partial charge on any atom is -0.491 e. The van der Waals surface area contributed by atoms with Crippen LogP contribution in [0.3, 0.4) is 0 Å². The molecule has 13 heteroatoms. The van der Waals surface area contributed by atoms with E-state index in [0.29, 0.717) is 72.0 Å². The average molecular weight is 836 g/mol. The molecule has 1 saturated heterocycles. The molecule has 0 radical (unpaired) electrons. The summed E-state index contributed by atoms with van der Waals surface area (Å²) in [6.45, 7) is 17.2. The normalized spacial score (nSPS) is 15.2. The van der Waals surface area contributed by atoms with E-state index in [9.17, 15) is 31.9 Å². The van der Waals surface area contributed by atoms with E-state index in [4.69, 9.17) is 9.47 Å². The second kappa shape index (κ2) is 21.7. The summed E-state index contributed by atoms with van der Waals surface area (Å²) in [5.74, 6) is 0.204. The van der Waals surface area contributed by atoms with Crippen molar-refractivity contribution in [2.24, 2.45) is 17.8 Å². The fourth-order valence-corrected chi connectivity index (χ4v) is 6.97. The topological polar surface area (TPSA) is 107 Å². The molecule has 1 aliphatic heterocycles. The quantitative estimate of drug-likeness (QED) is 0.0359. The zero-order valence-corrected chi connectivity index (χ0v) is 35.2. The van der Waals surface area contributed by atoms with Gasteiger partial charge in [0, 0.05) is 41.6 Å². The second-order valence-electron chi connectivity index (χ2n) is 14.7. The number of hydrogen-bond donors (Lipinski definition) is 2. The van der Waals surface area contributed by atoms with Crippen LogP contribution in [0.15, 0.2) is 85.1 Å². The van der Waals surface area contributed by atoms with E-state index in [1.807, 2.05) is 65.8 Å². The maximum atomic E-state index is 14.4. The molecule has 1 aliphatic rings. The maximum absolute atomic E-state index is 14.4. The molecule has 0 spiro atoms. The van der Waals surface area contributed by atoms with Crippen LogP contribution in [-0.4, -0.2) is 48.9 Å². The number of carbonyl (C=O) groups excluding carboxylic acids is 3. The van der Waals surface area contributed by atoms with Gasteiger partial charge in [0.2, 0.25) is 11.8 Å². The highest BCUT2D eigenvalue weighted by molar-refractivity contribution is 7.21. The van der Waals surface area contributed by atoms with Crippen LogP contribution in [0.4, 0.5) is 17.6 Å². The van der Waals surface area contributed by atoms with E-state index in [1.165, 1.54) is 24.3 Å². The summed E-state index contributed by atoms with van der Waals surface area (Å²) in [5, 5.41) is 5.59. The molecule has 2 unspecified atom stereocenters. The monoisotopic (exact) mass is 835 g/mol. The van der Waals surface area contributed by atoms with Gasteiger partial charge in [-0.1, -0.05) is 78.8 Å². The Hall–Kier alpha value is -5.14. The van der Waals surface area contributed by atoms with Gasteiger partial charge in [-0.25, -0.2) is 9.37 Å². The fraction of sp³-hybridized carbons (Fsp3) is 0.391. The Labute approximate surface area is 347 Å². The lowest BCUT2D eigenvalue weighted by Gasteiger charge is -2.15. The SMILES string of the molecule is C=C(/C=C(\C=C/C(C)CC)c1ccc(-c2nc3ccc(F)cc3s2)c(C(F)(F)F)c1)NCCOCCOc1ccc(C(=O)C(C)C)c(CC)c1.CC1CCC(=O)NC1=O. The Morgan fingerprint density at radius 2 is 1.81 bits per heavy atom. The number of thiazole rings is 1. The van der Waals surface area contributed by atoms with Crippen LogP contribution in [0.1, 0.15) is 87.9 Å². The highest BCUT2D eigenvalue weighted by Gasteiger charge is 2.35. The summed E-state index contributed by atoms with van der Waals surface area (Å²) in [7, 11) is 0. The Morgan fingerprint density at radius 1 is 1.05 bits per heavy atom. The van der Waals surface area contributed by atoms with Gasteiger partial charge in [0.05, 0.1) is 29.0 Å². The maximum Gasteiger partial charge on any atom is 0.417 e. The molecule has 3 aromatic carbocycles. The molecule has 1 aromatic heterocycles. The highest BCUT2D eigenvalue weighted by Crippen LogP contribution is 2.41. The zero-order valence-electron chi connectivity index (χ0n) is 34.4. The number of aromatic nitrogens is 1. The summed E-state index contributed by atoms with van der Waals surface area (Å²) in [4.78, 5) is 38.0. The van der Waals surface area contributed by atoms with E-state index in [1.54, 1.807) is 18.2 Å². The lowest BCUT2D eigenvalue weighted by atomic mass is 9.95. The molecule has 59 heavy (non-hydrogen) atoms. The third-order valence-corrected chi connectivity index (χ3v) is 10.7. The smallest absolute Gasteiger partial charge is 0.417 e. The summed E-state index contributed by atoms with van der Waals surface area (Å²) < 4.78 is 69.1. The van der Waals surface area contributed by atoms with Gasteiger partial charge < -0.3 is 14.8 Å². The number of nitrogens with zero attached hydrogens (tertiary/aromatic N) is 1. The number of aryl methyl sites for hydroxylation is 1. The molecule has 4 aromatic rings. The van der Waals surface area contributed by atoms with Gasteiger partial charge in [-0.2, -0.15) is 13.2 Å². The predicted molar refractivity (Wildman–Crippen MR) is 227 cm³/mol. The number of allylic oxidation sites excluding steroid dienone is 4. The van der Waals surface area contributed by atoms with E-state index >= 15 is 0 Å². The average Bonchev–Trinajstić information content (AvgIpc) is 3.63. The molecule has 5 rings (SSSR count). The molecule has 2 heterocycles. The van der Waals surface area contributed by atoms with Crippen LogP contribution in [0.5, 0.6) is 5.75 Å². The van der Waals surface area contributed by atoms with Gasteiger partial charge in [-0.05, 0) is 84.0 Å². The first kappa shape index (κ1) is 46.5. The molecule has 2 atom stereocenters. The number of Topliss-reactive ketones (excluding diaryl/α,β-unsaturated/α-hetero) is 1. The van der Waals surface area contributed by atoms with Crippen molar-refractivity contribution in [2.75, 3.05) is 26.4 Å². The summed E-state index contributed by atoms with van der Waals surface area (Å²) >= 11 is 1.02. The number of benzene rings is 3. The number of carbonyl (C=O) groups is 3. The third kappa shape index (κ3) is 13.7. The fourth-order valence-electron chi connectivity index (χ4n) is 5.94. The lowest BCUT2D eigenvalue weighted by molar-refractivity contribution is -0.137. The van der Waals surface area contributed by atoms with Crippen molar-refractivity contribution in [3.05, 3.63) is 113 Å². The molecule has 0 aliphatic carbocycles. The number of hydrogen-bond acceptors (Lipinski definition) is 8. The minimum atomic E-state index is -4.65. The van der Waals surface area contributed by atoms with Crippen LogP contribution in [-0.2, 0) is 26.9 Å². The van der Waals surface area contributed by atoms with Crippen molar-refractivity contribution in [2.45, 2.75) is 73.4 Å². The van der Waals surface area contributed by atoms with Gasteiger partial charge in [0.15, 0.2) is 5.78 Å². The van der Waals surface area contributed by atoms with Gasteiger partial charge in [-0.15, -0.1) is 11.3 Å². The van der Waals surface area contributed by atoms with Crippen molar-refractivity contribution in [3.8, 4) is 16.3 Å². The van der Waals surface area contributed by atoms with Crippen LogP contribution >= 0.6 is 11.3 Å². The molecule has 0 saturated carbocycles. The predicted octanol–water partition coefficient (Wildman–Crippen LogP) is 10.8. The first-order valence-electron chi connectivity index (χ1n) is 19.8. The van der Waals surface area contributed by atoms with Crippen molar-refractivity contribution in [1.29, 1.82) is 0 Å². The van der Waals surface area contributed by atoms with Crippen LogP contribution in [0, 0.1) is 23.6 Å². The Kier molecular flexibility index (Phi) is 17.2. The number of nitrogens with one attached hydrogen (secondary N) is 2. The molecular weight excluding hydrogens is 783 g/mol. The van der Waals surface area contributed by atoms with Gasteiger partial charge in [0.1, 0.15) is 23.2 Å². The van der Waals surface area contributed by atoms with E-state index in [-0.39, 0.29) is 45.9 Å². The van der Waals surface area contributed by atoms with E-state index in [0.717, 1.165) is 41.4 Å². The number of piperidine rings is 1. The summed E-state index contributed by atoms with van der Waals surface area (Å²) in [6, 6.07) is 13.7. The first-order chi connectivity index (χ1) is 28.0.